The lowest BCUT2D eigenvalue weighted by Crippen LogP contribution is -2.44. The third-order valence-corrected chi connectivity index (χ3v) is 4.08. The van der Waals surface area contributed by atoms with Crippen molar-refractivity contribution in [2.24, 2.45) is 0 Å². The van der Waals surface area contributed by atoms with Gasteiger partial charge < -0.3 is 16.2 Å². The Balaban J connectivity index is 1.74. The van der Waals surface area contributed by atoms with Crippen molar-refractivity contribution in [1.29, 1.82) is 0 Å². The molecular weight excluding hydrogens is 252 g/mol. The highest BCUT2D eigenvalue weighted by Gasteiger charge is 2.29. The predicted molar refractivity (Wildman–Crippen MR) is 80.2 cm³/mol. The summed E-state index contributed by atoms with van der Waals surface area (Å²) in [7, 11) is 0. The van der Waals surface area contributed by atoms with Gasteiger partial charge in [-0.25, -0.2) is 0 Å². The highest BCUT2D eigenvalue weighted by molar-refractivity contribution is 5.76. The second kappa shape index (κ2) is 6.75. The molecule has 20 heavy (non-hydrogen) atoms. The van der Waals surface area contributed by atoms with E-state index < -0.39 is 5.60 Å². The van der Waals surface area contributed by atoms with E-state index in [2.05, 4.69) is 5.32 Å². The largest absolute Gasteiger partial charge is 0.399 e. The highest BCUT2D eigenvalue weighted by Crippen LogP contribution is 2.27. The first kappa shape index (κ1) is 14.9. The molecule has 0 unspecified atom stereocenters. The Bertz CT molecular complexity index is 454. The second-order valence-corrected chi connectivity index (χ2v) is 5.76. The number of hydrogen-bond acceptors (Lipinski definition) is 3. The van der Waals surface area contributed by atoms with E-state index in [9.17, 15) is 9.90 Å². The van der Waals surface area contributed by atoms with Crippen molar-refractivity contribution < 1.29 is 9.90 Å². The Hall–Kier alpha value is -1.55. The van der Waals surface area contributed by atoms with E-state index in [0.29, 0.717) is 19.4 Å². The summed E-state index contributed by atoms with van der Waals surface area (Å²) in [6.07, 6.45) is 5.91. The quantitative estimate of drug-likeness (QED) is 0.720. The van der Waals surface area contributed by atoms with E-state index in [4.69, 9.17) is 5.73 Å². The zero-order valence-electron chi connectivity index (χ0n) is 11.9. The van der Waals surface area contributed by atoms with Crippen LogP contribution in [0, 0.1) is 0 Å². The molecule has 0 spiro atoms. The summed E-state index contributed by atoms with van der Waals surface area (Å²) in [4.78, 5) is 11.8. The number of benzene rings is 1. The molecule has 0 radical (unpaired) electrons. The lowest BCUT2D eigenvalue weighted by Gasteiger charge is -2.32. The fourth-order valence-corrected chi connectivity index (χ4v) is 2.75. The van der Waals surface area contributed by atoms with Gasteiger partial charge in [-0.2, -0.15) is 0 Å². The van der Waals surface area contributed by atoms with Crippen LogP contribution >= 0.6 is 0 Å². The Morgan fingerprint density at radius 1 is 1.25 bits per heavy atom. The minimum absolute atomic E-state index is 0.0211. The lowest BCUT2D eigenvalue weighted by molar-refractivity contribution is -0.122. The van der Waals surface area contributed by atoms with Crippen LogP contribution in [0.4, 0.5) is 5.69 Å². The van der Waals surface area contributed by atoms with Crippen molar-refractivity contribution in [1.82, 2.24) is 5.32 Å². The number of anilines is 1. The normalized spacial score (nSPS) is 17.6. The summed E-state index contributed by atoms with van der Waals surface area (Å²) in [5.74, 6) is -0.0211. The molecule has 0 atom stereocenters. The number of para-hydroxylation sites is 1. The summed E-state index contributed by atoms with van der Waals surface area (Å²) in [5.41, 5.74) is 6.88. The molecule has 1 aromatic carbocycles. The average Bonchev–Trinajstić information content (AvgIpc) is 2.45. The highest BCUT2D eigenvalue weighted by atomic mass is 16.3. The smallest absolute Gasteiger partial charge is 0.220 e. The fourth-order valence-electron chi connectivity index (χ4n) is 2.75. The van der Waals surface area contributed by atoms with Crippen molar-refractivity contribution in [3.63, 3.8) is 0 Å². The van der Waals surface area contributed by atoms with E-state index in [1.54, 1.807) is 0 Å². The minimum Gasteiger partial charge on any atom is -0.399 e. The van der Waals surface area contributed by atoms with Gasteiger partial charge in [-0.3, -0.25) is 4.79 Å². The van der Waals surface area contributed by atoms with Crippen LogP contribution < -0.4 is 11.1 Å². The molecule has 0 aliphatic heterocycles. The van der Waals surface area contributed by atoms with Crippen molar-refractivity contribution in [2.45, 2.75) is 50.5 Å². The average molecular weight is 276 g/mol. The molecule has 1 saturated carbocycles. The number of aryl methyl sites for hydroxylation is 1. The first-order valence-electron chi connectivity index (χ1n) is 7.42. The van der Waals surface area contributed by atoms with Gasteiger partial charge in [-0.1, -0.05) is 37.5 Å². The van der Waals surface area contributed by atoms with Gasteiger partial charge in [0.05, 0.1) is 5.60 Å². The zero-order chi connectivity index (χ0) is 14.4. The topological polar surface area (TPSA) is 75.4 Å². The molecule has 2 rings (SSSR count). The number of nitrogen functional groups attached to an aromatic ring is 1. The maximum absolute atomic E-state index is 11.8. The summed E-state index contributed by atoms with van der Waals surface area (Å²) >= 11 is 0. The van der Waals surface area contributed by atoms with E-state index in [1.807, 2.05) is 24.3 Å². The van der Waals surface area contributed by atoms with E-state index in [0.717, 1.165) is 36.9 Å². The first-order chi connectivity index (χ1) is 9.59. The molecule has 0 aromatic heterocycles. The lowest BCUT2D eigenvalue weighted by atomic mass is 9.85. The zero-order valence-corrected chi connectivity index (χ0v) is 11.9. The number of rotatable bonds is 5. The number of hydrogen-bond donors (Lipinski definition) is 3. The molecule has 1 aromatic rings. The molecule has 1 amide bonds. The van der Waals surface area contributed by atoms with Crippen LogP contribution in [-0.2, 0) is 11.2 Å². The Kier molecular flexibility index (Phi) is 5.01. The predicted octanol–water partition coefficient (Wildman–Crippen LogP) is 2.01. The Morgan fingerprint density at radius 2 is 1.95 bits per heavy atom. The van der Waals surface area contributed by atoms with Crippen molar-refractivity contribution in [2.75, 3.05) is 12.3 Å². The Labute approximate surface area is 120 Å². The molecule has 1 fully saturated rings. The third-order valence-electron chi connectivity index (χ3n) is 4.08. The van der Waals surface area contributed by atoms with Crippen molar-refractivity contribution >= 4 is 11.6 Å². The second-order valence-electron chi connectivity index (χ2n) is 5.76. The third kappa shape index (κ3) is 4.23. The van der Waals surface area contributed by atoms with Gasteiger partial charge in [-0.15, -0.1) is 0 Å². The SMILES string of the molecule is Nc1ccccc1CCC(=O)NCC1(O)CCCCC1. The molecule has 0 heterocycles. The van der Waals surface area contributed by atoms with Crippen LogP contribution in [0.1, 0.15) is 44.1 Å². The number of carbonyl (C=O) groups is 1. The van der Waals surface area contributed by atoms with Gasteiger partial charge in [0.25, 0.3) is 0 Å². The number of aliphatic hydroxyl groups is 1. The van der Waals surface area contributed by atoms with Gasteiger partial charge in [0.1, 0.15) is 0 Å². The molecule has 110 valence electrons. The summed E-state index contributed by atoms with van der Waals surface area (Å²) < 4.78 is 0. The summed E-state index contributed by atoms with van der Waals surface area (Å²) in [6.45, 7) is 0.371. The van der Waals surface area contributed by atoms with E-state index >= 15 is 0 Å². The molecular formula is C16H24N2O2. The number of amides is 1. The van der Waals surface area contributed by atoms with Crippen LogP contribution in [0.25, 0.3) is 0 Å². The van der Waals surface area contributed by atoms with Gasteiger partial charge in [0.2, 0.25) is 5.91 Å². The standard InChI is InChI=1S/C16H24N2O2/c17-14-7-3-2-6-13(14)8-9-15(19)18-12-16(20)10-4-1-5-11-16/h2-3,6-7,20H,1,4-5,8-12,17H2,(H,18,19). The monoisotopic (exact) mass is 276 g/mol. The molecule has 1 aliphatic rings. The molecule has 1 aliphatic carbocycles. The number of nitrogens with two attached hydrogens (primary N) is 1. The summed E-state index contributed by atoms with van der Waals surface area (Å²) in [5, 5.41) is 13.2. The van der Waals surface area contributed by atoms with Crippen LogP contribution in [0.2, 0.25) is 0 Å². The van der Waals surface area contributed by atoms with Crippen LogP contribution in [0.3, 0.4) is 0 Å². The van der Waals surface area contributed by atoms with E-state index in [-0.39, 0.29) is 5.91 Å². The van der Waals surface area contributed by atoms with Crippen LogP contribution in [0.5, 0.6) is 0 Å². The molecule has 4 N–H and O–H groups in total. The first-order valence-corrected chi connectivity index (χ1v) is 7.42. The van der Waals surface area contributed by atoms with Crippen LogP contribution in [-0.4, -0.2) is 23.2 Å². The van der Waals surface area contributed by atoms with Gasteiger partial charge in [0.15, 0.2) is 0 Å². The fraction of sp³-hybridized carbons (Fsp3) is 0.562. The molecule has 4 heteroatoms. The molecule has 4 nitrogen and oxygen atoms in total. The van der Waals surface area contributed by atoms with Crippen LogP contribution in [0.15, 0.2) is 24.3 Å². The maximum atomic E-state index is 11.8. The molecule has 0 bridgehead atoms. The van der Waals surface area contributed by atoms with Crippen molar-refractivity contribution in [3.8, 4) is 0 Å². The van der Waals surface area contributed by atoms with E-state index in [1.165, 1.54) is 6.42 Å². The summed E-state index contributed by atoms with van der Waals surface area (Å²) in [6, 6.07) is 7.60. The van der Waals surface area contributed by atoms with Crippen molar-refractivity contribution in [3.05, 3.63) is 29.8 Å². The minimum atomic E-state index is -0.695. The number of nitrogens with one attached hydrogen (secondary N) is 1. The van der Waals surface area contributed by atoms with Gasteiger partial charge in [-0.05, 0) is 30.9 Å². The van der Waals surface area contributed by atoms with Gasteiger partial charge in [0, 0.05) is 18.7 Å². The Morgan fingerprint density at radius 3 is 2.65 bits per heavy atom. The maximum Gasteiger partial charge on any atom is 0.220 e. The number of carbonyl (C=O) groups excluding carboxylic acids is 1. The molecule has 0 saturated heterocycles. The van der Waals surface area contributed by atoms with Gasteiger partial charge >= 0.3 is 0 Å².